The second-order valence-corrected chi connectivity index (χ2v) is 22.0. The van der Waals surface area contributed by atoms with Gasteiger partial charge in [0.15, 0.2) is 5.78 Å². The number of rotatable bonds is 1. The van der Waals surface area contributed by atoms with Crippen molar-refractivity contribution in [2.45, 2.75) is 31.0 Å². The molecule has 7 aliphatic rings. The van der Waals surface area contributed by atoms with Crippen LogP contribution >= 0.6 is 35.3 Å². The van der Waals surface area contributed by atoms with Crippen LogP contribution < -0.4 is 64.2 Å². The third-order valence-corrected chi connectivity index (χ3v) is 16.0. The van der Waals surface area contributed by atoms with Crippen LogP contribution in [0.5, 0.6) is 0 Å². The number of fused-ring (bicyclic) bond motifs is 42. The molecule has 1 unspecified atom stereocenters. The molecule has 7 rings (SSSR count). The van der Waals surface area contributed by atoms with Crippen LogP contribution in [-0.4, -0.2) is 265 Å². The van der Waals surface area contributed by atoms with Gasteiger partial charge in [0, 0.05) is 80.2 Å². The number of carboxylic acids is 1. The highest BCUT2D eigenvalue weighted by molar-refractivity contribution is 8.00. The first-order valence-electron chi connectivity index (χ1n) is 24.5. The normalized spacial score (nSPS) is 28.0. The van der Waals surface area contributed by atoms with E-state index in [2.05, 4.69) is 58.5 Å². The lowest BCUT2D eigenvalue weighted by Crippen LogP contribution is -2.53. The minimum absolute atomic E-state index is 0.0204. The van der Waals surface area contributed by atoms with Crippen molar-refractivity contribution >= 4 is 130 Å². The number of nitrogens with zero attached hydrogens (tertiary/aromatic N) is 3. The lowest BCUT2D eigenvalue weighted by atomic mass is 9.71. The Kier molecular flexibility index (Phi) is 23.5. The molecule has 79 heavy (non-hydrogen) atoms. The fourth-order valence-corrected chi connectivity index (χ4v) is 11.6. The van der Waals surface area contributed by atoms with E-state index in [1.54, 1.807) is 14.7 Å². The van der Waals surface area contributed by atoms with Crippen molar-refractivity contribution in [3.63, 3.8) is 0 Å². The first kappa shape index (κ1) is 62.6. The third-order valence-electron chi connectivity index (χ3n) is 12.9. The minimum Gasteiger partial charge on any atom is -0.480 e. The summed E-state index contributed by atoms with van der Waals surface area (Å²) in [5.41, 5.74) is 4.35. The predicted octanol–water partition coefficient (Wildman–Crippen LogP) is -10.5. The van der Waals surface area contributed by atoms with Crippen LogP contribution in [0.1, 0.15) is 12.8 Å². The number of hydrogen-bond acceptors (Lipinski definition) is 20. The molecular weight excluding hydrogens is 1110 g/mol. The maximum atomic E-state index is 14.0. The molecule has 14 N–H and O–H groups in total. The van der Waals surface area contributed by atoms with Crippen LogP contribution in [0.25, 0.3) is 0 Å². The van der Waals surface area contributed by atoms with Gasteiger partial charge in [0.25, 0.3) is 0 Å². The molecule has 14 amide bonds. The van der Waals surface area contributed by atoms with Crippen LogP contribution in [0.4, 0.5) is 0 Å². The van der Waals surface area contributed by atoms with Gasteiger partial charge in [-0.05, 0) is 0 Å². The standard InChI is InChI=1S/C44H63N15O17S3/c45-25-12-77-15-37(70)57-18-43-20-58-21-44(43,19-57)23-59(22-43)39(72)17-79-14-27(42(75)76)56-36(69)11-52-33(66)8-49-30(63)5-48-31(64)6-50-34(67)9-54-41(74)26(13-78-16-38(58)71)55-35(68)10-51-32(65)7-47-29(62)4-46-28(61)2-1-24(60)3-53-40(25)73/h25-27H,1-23,45H2,(H,46,61)(H,47,62)(H,48,64)(H,49,63)(H,50,67)(H,51,65)(H,52,66)(H,53,73)(H,54,74)(H,55,68)(H,56,69)(H,75,76)/t25-,26-,27-,43+,44?/m0/s1. The zero-order valence-electron chi connectivity index (χ0n) is 42.6. The molecule has 7 fully saturated rings. The van der Waals surface area contributed by atoms with E-state index in [1.165, 1.54) is 0 Å². The van der Waals surface area contributed by atoms with Gasteiger partial charge in [-0.1, -0.05) is 0 Å². The van der Waals surface area contributed by atoms with Crippen molar-refractivity contribution in [1.29, 1.82) is 0 Å². The molecule has 6 bridgehead atoms. The summed E-state index contributed by atoms with van der Waals surface area (Å²) < 4.78 is 0. The Balaban J connectivity index is 1.35. The van der Waals surface area contributed by atoms with Gasteiger partial charge in [-0.15, -0.1) is 35.3 Å². The zero-order valence-corrected chi connectivity index (χ0v) is 45.1. The summed E-state index contributed by atoms with van der Waals surface area (Å²) in [7, 11) is 0. The molecule has 0 radical (unpaired) electrons. The first-order valence-corrected chi connectivity index (χ1v) is 28.0. The highest BCUT2D eigenvalue weighted by atomic mass is 32.2. The molecule has 35 heteroatoms. The number of carbonyl (C=O) groups is 16. The second kappa shape index (κ2) is 29.6. The van der Waals surface area contributed by atoms with Crippen molar-refractivity contribution in [3.05, 3.63) is 0 Å². The second-order valence-electron chi connectivity index (χ2n) is 19.0. The summed E-state index contributed by atoms with van der Waals surface area (Å²) in [4.78, 5) is 210. The van der Waals surface area contributed by atoms with Crippen molar-refractivity contribution < 1.29 is 81.8 Å². The Morgan fingerprint density at radius 1 is 0.418 bits per heavy atom. The lowest BCUT2D eigenvalue weighted by molar-refractivity contribution is -0.141. The molecule has 7 heterocycles. The largest absolute Gasteiger partial charge is 0.480 e. The van der Waals surface area contributed by atoms with E-state index >= 15 is 0 Å². The number of nitrogens with two attached hydrogens (primary N) is 1. The lowest BCUT2D eigenvalue weighted by Gasteiger charge is -2.31. The van der Waals surface area contributed by atoms with Gasteiger partial charge in [0.1, 0.15) is 12.1 Å². The molecule has 7 aliphatic heterocycles. The topological polar surface area (TPSA) is 461 Å². The number of amides is 14. The Bertz CT molecular complexity index is 2430. The van der Waals surface area contributed by atoms with E-state index in [0.29, 0.717) is 0 Å². The van der Waals surface area contributed by atoms with E-state index in [0.717, 1.165) is 35.3 Å². The fourth-order valence-electron chi connectivity index (χ4n) is 8.86. The molecule has 32 nitrogen and oxygen atoms in total. The Labute approximate surface area is 463 Å². The number of thioether (sulfide) groups is 3. The number of carboxylic acid groups (broad SMARTS) is 1. The van der Waals surface area contributed by atoms with Gasteiger partial charge in [-0.3, -0.25) is 71.9 Å². The first-order chi connectivity index (χ1) is 37.5. The number of hydrogen-bond donors (Lipinski definition) is 13. The number of aliphatic carboxylic acids is 1. The number of carbonyl (C=O) groups excluding carboxylic acids is 15. The average Bonchev–Trinajstić information content (AvgIpc) is 3.00. The van der Waals surface area contributed by atoms with Gasteiger partial charge >= 0.3 is 5.97 Å². The molecular formula is C44H63N15O17S3. The number of nitrogens with one attached hydrogen (secondary N) is 11. The van der Waals surface area contributed by atoms with Gasteiger partial charge in [0.05, 0.1) is 82.2 Å². The molecule has 7 saturated heterocycles. The minimum atomic E-state index is -1.49. The van der Waals surface area contributed by atoms with E-state index in [-0.39, 0.29) is 98.4 Å². The summed E-state index contributed by atoms with van der Waals surface area (Å²) in [6.07, 6.45) is -0.639. The summed E-state index contributed by atoms with van der Waals surface area (Å²) >= 11 is 2.93. The summed E-state index contributed by atoms with van der Waals surface area (Å²) in [6.45, 7) is -5.17. The van der Waals surface area contributed by atoms with E-state index in [9.17, 15) is 81.8 Å². The molecule has 0 aromatic heterocycles. The molecule has 5 atom stereocenters. The van der Waals surface area contributed by atoms with E-state index in [4.69, 9.17) is 5.73 Å². The van der Waals surface area contributed by atoms with Crippen molar-refractivity contribution in [3.8, 4) is 0 Å². The molecule has 434 valence electrons. The van der Waals surface area contributed by atoms with Crippen LogP contribution in [-0.2, 0) is 76.7 Å². The zero-order chi connectivity index (χ0) is 57.9. The number of ketones is 1. The monoisotopic (exact) mass is 1170 g/mol. The van der Waals surface area contributed by atoms with Crippen molar-refractivity contribution in [2.75, 3.05) is 133 Å². The molecule has 0 aromatic rings. The SMILES string of the molecule is N[C@H]1CSCC(=O)N2CC34CN5C[C@]3(CN(C4)C(=O)CSC[C@H](NC(=O)CNC(=O)CNC(=O)CNC(=O)CCC(=O)CNC1=O)C(=O)NCC(=O)NCC(=O)NCC(=O)NCC(=O)NCC(=O)N[C@H](C(=O)O)CSCC5=O)C2. The van der Waals surface area contributed by atoms with E-state index < -0.39 is 170 Å². The summed E-state index contributed by atoms with van der Waals surface area (Å²) in [5.74, 6) is -13.3. The summed E-state index contributed by atoms with van der Waals surface area (Å²) in [5, 5.41) is 34.9. The molecule has 0 aromatic carbocycles. The molecule has 0 aliphatic carbocycles. The van der Waals surface area contributed by atoms with Gasteiger partial charge in [-0.25, -0.2) is 4.79 Å². The van der Waals surface area contributed by atoms with Gasteiger partial charge < -0.3 is 84.0 Å². The van der Waals surface area contributed by atoms with Crippen LogP contribution in [0.3, 0.4) is 0 Å². The van der Waals surface area contributed by atoms with Gasteiger partial charge in [-0.2, -0.15) is 0 Å². The molecule has 2 spiro atoms. The Morgan fingerprint density at radius 3 is 1.18 bits per heavy atom. The van der Waals surface area contributed by atoms with E-state index in [1.807, 2.05) is 0 Å². The number of Topliss-reactive ketones (excluding diaryl/α,β-unsaturated/α-hetero) is 1. The fraction of sp³-hybridized carbons (Fsp3) is 0.636. The highest BCUT2D eigenvalue weighted by Gasteiger charge is 2.69. The molecule has 0 saturated carbocycles. The van der Waals surface area contributed by atoms with Gasteiger partial charge in [0.2, 0.25) is 82.7 Å². The Morgan fingerprint density at radius 2 is 0.759 bits per heavy atom. The van der Waals surface area contributed by atoms with Crippen LogP contribution in [0, 0.1) is 10.8 Å². The third kappa shape index (κ3) is 19.3. The highest BCUT2D eigenvalue weighted by Crippen LogP contribution is 2.57. The summed E-state index contributed by atoms with van der Waals surface area (Å²) in [6, 6.07) is -4.05. The predicted molar refractivity (Wildman–Crippen MR) is 277 cm³/mol. The van der Waals surface area contributed by atoms with Crippen LogP contribution in [0.2, 0.25) is 0 Å². The maximum absolute atomic E-state index is 14.0. The Hall–Kier alpha value is -7.27. The van der Waals surface area contributed by atoms with Crippen LogP contribution in [0.15, 0.2) is 0 Å². The van der Waals surface area contributed by atoms with Crippen molar-refractivity contribution in [1.82, 2.24) is 73.2 Å². The maximum Gasteiger partial charge on any atom is 0.327 e. The quantitative estimate of drug-likeness (QED) is 0.108. The smallest absolute Gasteiger partial charge is 0.327 e. The van der Waals surface area contributed by atoms with Crippen molar-refractivity contribution in [2.24, 2.45) is 16.6 Å². The average molecular weight is 1170 g/mol.